The van der Waals surface area contributed by atoms with Crippen LogP contribution in [0.5, 0.6) is 0 Å². The molecule has 0 radical (unpaired) electrons. The Balaban J connectivity index is 2.57. The maximum Gasteiger partial charge on any atom is 0.0954 e. The predicted octanol–water partition coefficient (Wildman–Crippen LogP) is 2.70. The molecule has 1 atom stereocenters. The third-order valence-electron chi connectivity index (χ3n) is 3.08. The van der Waals surface area contributed by atoms with Crippen molar-refractivity contribution < 1.29 is 0 Å². The van der Waals surface area contributed by atoms with E-state index >= 15 is 0 Å². The Morgan fingerprint density at radius 3 is 2.44 bits per heavy atom. The molecule has 0 aromatic carbocycles. The lowest BCUT2D eigenvalue weighted by molar-refractivity contribution is 0.423. The zero-order chi connectivity index (χ0) is 12.1. The van der Waals surface area contributed by atoms with Crippen LogP contribution in [0.15, 0.2) is 6.33 Å². The first-order valence-electron chi connectivity index (χ1n) is 6.27. The van der Waals surface area contributed by atoms with Crippen molar-refractivity contribution in [3.63, 3.8) is 0 Å². The fourth-order valence-electron chi connectivity index (χ4n) is 1.86. The summed E-state index contributed by atoms with van der Waals surface area (Å²) in [6, 6.07) is 0.528. The molecular formula is C13H25N3. The predicted molar refractivity (Wildman–Crippen MR) is 68.7 cm³/mol. The molecule has 3 heteroatoms. The molecular weight excluding hydrogens is 198 g/mol. The lowest BCUT2D eigenvalue weighted by Gasteiger charge is -2.20. The minimum atomic E-state index is 0.528. The lowest BCUT2D eigenvalue weighted by atomic mass is 10.2. The number of hydrogen-bond donors (Lipinski definition) is 1. The number of nitrogens with one attached hydrogen (secondary N) is 1. The molecule has 1 rings (SSSR count). The minimum Gasteiger partial charge on any atom is -0.330 e. The highest BCUT2D eigenvalue weighted by Gasteiger charge is 2.12. The van der Waals surface area contributed by atoms with Crippen molar-refractivity contribution in [1.29, 1.82) is 0 Å². The Labute approximate surface area is 99.3 Å². The summed E-state index contributed by atoms with van der Waals surface area (Å²) in [7, 11) is 0. The van der Waals surface area contributed by atoms with Gasteiger partial charge in [-0.2, -0.15) is 0 Å². The summed E-state index contributed by atoms with van der Waals surface area (Å²) in [6.07, 6.45) is 3.11. The number of hydrogen-bond acceptors (Lipinski definition) is 2. The van der Waals surface area contributed by atoms with Crippen molar-refractivity contribution in [3.8, 4) is 0 Å². The first kappa shape index (κ1) is 13.2. The molecule has 1 aromatic heterocycles. The summed E-state index contributed by atoms with van der Waals surface area (Å²) in [6.45, 7) is 13.0. The second-order valence-electron chi connectivity index (χ2n) is 4.94. The molecule has 1 aromatic rings. The Hall–Kier alpha value is -0.830. The van der Waals surface area contributed by atoms with E-state index in [4.69, 9.17) is 0 Å². The molecule has 1 heterocycles. The van der Waals surface area contributed by atoms with Crippen molar-refractivity contribution in [2.45, 2.75) is 47.1 Å². The molecule has 0 aliphatic rings. The van der Waals surface area contributed by atoms with Gasteiger partial charge in [0.1, 0.15) is 0 Å². The third kappa shape index (κ3) is 3.34. The summed E-state index contributed by atoms with van der Waals surface area (Å²) in [5.41, 5.74) is 2.43. The van der Waals surface area contributed by atoms with E-state index in [1.54, 1.807) is 0 Å². The molecule has 3 nitrogen and oxygen atoms in total. The molecule has 0 amide bonds. The average Bonchev–Trinajstić information content (AvgIpc) is 2.55. The molecule has 0 bridgehead atoms. The van der Waals surface area contributed by atoms with Gasteiger partial charge in [0.15, 0.2) is 0 Å². The molecule has 0 saturated heterocycles. The van der Waals surface area contributed by atoms with Gasteiger partial charge in [-0.15, -0.1) is 0 Å². The molecule has 0 aliphatic heterocycles. The van der Waals surface area contributed by atoms with E-state index in [1.807, 2.05) is 6.33 Å². The van der Waals surface area contributed by atoms with Crippen molar-refractivity contribution in [1.82, 2.24) is 14.9 Å². The van der Waals surface area contributed by atoms with Gasteiger partial charge < -0.3 is 9.88 Å². The van der Waals surface area contributed by atoms with Crippen LogP contribution in [0.2, 0.25) is 0 Å². The Morgan fingerprint density at radius 1 is 1.31 bits per heavy atom. The molecule has 92 valence electrons. The van der Waals surface area contributed by atoms with Crippen molar-refractivity contribution >= 4 is 0 Å². The van der Waals surface area contributed by atoms with Gasteiger partial charge in [-0.05, 0) is 32.7 Å². The average molecular weight is 223 g/mol. The molecule has 16 heavy (non-hydrogen) atoms. The Kier molecular flexibility index (Phi) is 5.00. The van der Waals surface area contributed by atoms with E-state index in [2.05, 4.69) is 49.5 Å². The summed E-state index contributed by atoms with van der Waals surface area (Å²) in [5, 5.41) is 3.52. The standard InChI is InChI=1S/C13H25N3/c1-6-13(8-14-7-10(2)3)16-9-15-11(4)12(16)5/h9-10,13-14H,6-8H2,1-5H3. The second kappa shape index (κ2) is 6.04. The molecule has 1 unspecified atom stereocenters. The number of nitrogens with zero attached hydrogens (tertiary/aromatic N) is 2. The Bertz CT molecular complexity index is 315. The molecule has 1 N–H and O–H groups in total. The van der Waals surface area contributed by atoms with Crippen molar-refractivity contribution in [3.05, 3.63) is 17.7 Å². The number of aryl methyl sites for hydroxylation is 1. The van der Waals surface area contributed by atoms with E-state index in [0.717, 1.165) is 25.2 Å². The molecule has 0 aliphatic carbocycles. The zero-order valence-electron chi connectivity index (χ0n) is 11.2. The second-order valence-corrected chi connectivity index (χ2v) is 4.94. The van der Waals surface area contributed by atoms with Crippen LogP contribution >= 0.6 is 0 Å². The van der Waals surface area contributed by atoms with Gasteiger partial charge in [-0.3, -0.25) is 0 Å². The van der Waals surface area contributed by atoms with Crippen molar-refractivity contribution in [2.24, 2.45) is 5.92 Å². The minimum absolute atomic E-state index is 0.528. The van der Waals surface area contributed by atoms with Gasteiger partial charge in [0, 0.05) is 18.3 Å². The van der Waals surface area contributed by atoms with Crippen LogP contribution in [0.1, 0.15) is 44.6 Å². The van der Waals surface area contributed by atoms with Crippen LogP contribution in [0.4, 0.5) is 0 Å². The fraction of sp³-hybridized carbons (Fsp3) is 0.769. The van der Waals surface area contributed by atoms with Gasteiger partial charge in [0.2, 0.25) is 0 Å². The SMILES string of the molecule is CCC(CNCC(C)C)n1cnc(C)c1C. The van der Waals surface area contributed by atoms with Crippen LogP contribution in [0.3, 0.4) is 0 Å². The number of aromatic nitrogens is 2. The summed E-state index contributed by atoms with van der Waals surface area (Å²) >= 11 is 0. The fourth-order valence-corrected chi connectivity index (χ4v) is 1.86. The monoisotopic (exact) mass is 223 g/mol. The van der Waals surface area contributed by atoms with Crippen LogP contribution in [0.25, 0.3) is 0 Å². The van der Waals surface area contributed by atoms with E-state index in [1.165, 1.54) is 5.69 Å². The smallest absolute Gasteiger partial charge is 0.0954 e. The van der Waals surface area contributed by atoms with Gasteiger partial charge in [-0.1, -0.05) is 20.8 Å². The Morgan fingerprint density at radius 2 is 2.00 bits per heavy atom. The molecule has 0 saturated carbocycles. The normalized spacial score (nSPS) is 13.4. The van der Waals surface area contributed by atoms with Gasteiger partial charge in [-0.25, -0.2) is 4.98 Å². The van der Waals surface area contributed by atoms with E-state index in [-0.39, 0.29) is 0 Å². The van der Waals surface area contributed by atoms with Crippen molar-refractivity contribution in [2.75, 3.05) is 13.1 Å². The summed E-state index contributed by atoms with van der Waals surface area (Å²) in [5.74, 6) is 0.711. The first-order valence-corrected chi connectivity index (χ1v) is 6.27. The van der Waals surface area contributed by atoms with Gasteiger partial charge in [0.25, 0.3) is 0 Å². The lowest BCUT2D eigenvalue weighted by Crippen LogP contribution is -2.28. The topological polar surface area (TPSA) is 29.9 Å². The highest BCUT2D eigenvalue weighted by Crippen LogP contribution is 2.15. The summed E-state index contributed by atoms with van der Waals surface area (Å²) in [4.78, 5) is 4.36. The molecule has 0 spiro atoms. The maximum absolute atomic E-state index is 4.36. The quantitative estimate of drug-likeness (QED) is 0.803. The van der Waals surface area contributed by atoms with Crippen LogP contribution in [-0.4, -0.2) is 22.6 Å². The van der Waals surface area contributed by atoms with Gasteiger partial charge >= 0.3 is 0 Å². The highest BCUT2D eigenvalue weighted by atomic mass is 15.1. The van der Waals surface area contributed by atoms with Gasteiger partial charge in [0.05, 0.1) is 12.0 Å². The zero-order valence-corrected chi connectivity index (χ0v) is 11.2. The van der Waals surface area contributed by atoms with E-state index < -0.39 is 0 Å². The van der Waals surface area contributed by atoms with Crippen LogP contribution < -0.4 is 5.32 Å². The molecule has 0 fully saturated rings. The van der Waals surface area contributed by atoms with Crippen LogP contribution in [-0.2, 0) is 0 Å². The largest absolute Gasteiger partial charge is 0.330 e. The maximum atomic E-state index is 4.36. The highest BCUT2D eigenvalue weighted by molar-refractivity contribution is 5.09. The third-order valence-corrected chi connectivity index (χ3v) is 3.08. The first-order chi connectivity index (χ1) is 7.56. The van der Waals surface area contributed by atoms with E-state index in [0.29, 0.717) is 12.0 Å². The number of imidazole rings is 1. The number of rotatable bonds is 6. The summed E-state index contributed by atoms with van der Waals surface area (Å²) < 4.78 is 2.29. The van der Waals surface area contributed by atoms with Crippen LogP contribution in [0, 0.1) is 19.8 Å². The van der Waals surface area contributed by atoms with E-state index in [9.17, 15) is 0 Å².